The van der Waals surface area contributed by atoms with Gasteiger partial charge in [0.2, 0.25) is 0 Å². The summed E-state index contributed by atoms with van der Waals surface area (Å²) < 4.78 is 5.38. The summed E-state index contributed by atoms with van der Waals surface area (Å²) in [6.07, 6.45) is 6.92. The molecule has 1 aliphatic carbocycles. The summed E-state index contributed by atoms with van der Waals surface area (Å²) >= 11 is 0. The Hall–Kier alpha value is -0.370. The summed E-state index contributed by atoms with van der Waals surface area (Å²) in [4.78, 5) is 10.7. The fourth-order valence-corrected chi connectivity index (χ4v) is 2.07. The number of carbonyl (C=O) groups is 1. The van der Waals surface area contributed by atoms with Gasteiger partial charge in [0.25, 0.3) is 0 Å². The molecule has 1 unspecified atom stereocenters. The molecule has 68 valence electrons. The van der Waals surface area contributed by atoms with Crippen molar-refractivity contribution in [1.29, 1.82) is 0 Å². The number of ether oxygens (including phenoxy) is 1. The summed E-state index contributed by atoms with van der Waals surface area (Å²) in [5.74, 6) is 0.659. The lowest BCUT2D eigenvalue weighted by Crippen LogP contribution is -2.21. The highest BCUT2D eigenvalue weighted by atomic mass is 16.5. The number of aldehydes is 1. The molecule has 0 bridgehead atoms. The number of hydrogen-bond acceptors (Lipinski definition) is 2. The predicted molar refractivity (Wildman–Crippen MR) is 45.9 cm³/mol. The first kappa shape index (κ1) is 8.24. The van der Waals surface area contributed by atoms with Crippen LogP contribution in [0.2, 0.25) is 0 Å². The molecule has 0 spiro atoms. The van der Waals surface area contributed by atoms with Gasteiger partial charge in [-0.15, -0.1) is 0 Å². The zero-order valence-electron chi connectivity index (χ0n) is 7.42. The minimum absolute atomic E-state index is 0.0887. The minimum Gasteiger partial charge on any atom is -0.381 e. The highest BCUT2D eigenvalue weighted by molar-refractivity contribution is 5.63. The second-order valence-corrected chi connectivity index (χ2v) is 4.27. The van der Waals surface area contributed by atoms with Gasteiger partial charge < -0.3 is 9.53 Å². The quantitative estimate of drug-likeness (QED) is 0.600. The van der Waals surface area contributed by atoms with Gasteiger partial charge in [-0.25, -0.2) is 0 Å². The standard InChI is InChI=1S/C10H16O2/c11-8-10(3-4-10)6-9-2-1-5-12-7-9/h8-9H,1-7H2. The van der Waals surface area contributed by atoms with Crippen molar-refractivity contribution in [3.8, 4) is 0 Å². The topological polar surface area (TPSA) is 26.3 Å². The van der Waals surface area contributed by atoms with E-state index < -0.39 is 0 Å². The molecule has 1 atom stereocenters. The van der Waals surface area contributed by atoms with Crippen molar-refractivity contribution in [3.63, 3.8) is 0 Å². The second kappa shape index (κ2) is 3.17. The zero-order chi connectivity index (χ0) is 8.44. The Morgan fingerprint density at radius 1 is 1.50 bits per heavy atom. The molecule has 1 aliphatic heterocycles. The lowest BCUT2D eigenvalue weighted by atomic mass is 9.89. The van der Waals surface area contributed by atoms with E-state index in [0.29, 0.717) is 5.92 Å². The smallest absolute Gasteiger partial charge is 0.126 e. The van der Waals surface area contributed by atoms with Gasteiger partial charge in [-0.1, -0.05) is 0 Å². The van der Waals surface area contributed by atoms with Crippen molar-refractivity contribution in [2.45, 2.75) is 32.1 Å². The average Bonchev–Trinajstić information content (AvgIpc) is 2.88. The summed E-state index contributed by atoms with van der Waals surface area (Å²) in [5.41, 5.74) is 0.0887. The van der Waals surface area contributed by atoms with Crippen molar-refractivity contribution in [2.75, 3.05) is 13.2 Å². The fourth-order valence-electron chi connectivity index (χ4n) is 2.07. The van der Waals surface area contributed by atoms with Crippen LogP contribution in [0.1, 0.15) is 32.1 Å². The molecular weight excluding hydrogens is 152 g/mol. The molecule has 2 nitrogen and oxygen atoms in total. The van der Waals surface area contributed by atoms with Crippen molar-refractivity contribution < 1.29 is 9.53 Å². The van der Waals surface area contributed by atoms with Gasteiger partial charge in [-0.2, -0.15) is 0 Å². The van der Waals surface area contributed by atoms with Gasteiger partial charge in [-0.3, -0.25) is 0 Å². The van der Waals surface area contributed by atoms with Crippen LogP contribution >= 0.6 is 0 Å². The zero-order valence-corrected chi connectivity index (χ0v) is 7.42. The van der Waals surface area contributed by atoms with Crippen molar-refractivity contribution in [3.05, 3.63) is 0 Å². The van der Waals surface area contributed by atoms with Crippen LogP contribution in [0.5, 0.6) is 0 Å². The number of rotatable bonds is 3. The van der Waals surface area contributed by atoms with Crippen LogP contribution < -0.4 is 0 Å². The summed E-state index contributed by atoms with van der Waals surface area (Å²) in [7, 11) is 0. The van der Waals surface area contributed by atoms with Crippen molar-refractivity contribution >= 4 is 6.29 Å². The normalized spacial score (nSPS) is 32.8. The number of carbonyl (C=O) groups excluding carboxylic acids is 1. The van der Waals surface area contributed by atoms with Gasteiger partial charge in [0.1, 0.15) is 6.29 Å². The first-order valence-electron chi connectivity index (χ1n) is 4.89. The third-order valence-electron chi connectivity index (χ3n) is 3.09. The molecule has 2 fully saturated rings. The van der Waals surface area contributed by atoms with Crippen LogP contribution in [-0.2, 0) is 9.53 Å². The van der Waals surface area contributed by atoms with E-state index in [1.54, 1.807) is 0 Å². The van der Waals surface area contributed by atoms with E-state index in [0.717, 1.165) is 32.5 Å². The first-order chi connectivity index (χ1) is 5.85. The molecule has 1 saturated carbocycles. The van der Waals surface area contributed by atoms with Crippen molar-refractivity contribution in [2.24, 2.45) is 11.3 Å². The summed E-state index contributed by atoms with van der Waals surface area (Å²) in [5, 5.41) is 0. The van der Waals surface area contributed by atoms with E-state index in [1.807, 2.05) is 0 Å². The number of hydrogen-bond donors (Lipinski definition) is 0. The van der Waals surface area contributed by atoms with Gasteiger partial charge in [0, 0.05) is 18.6 Å². The molecule has 0 amide bonds. The van der Waals surface area contributed by atoms with Gasteiger partial charge in [0.05, 0.1) is 0 Å². The Morgan fingerprint density at radius 2 is 2.33 bits per heavy atom. The molecule has 2 rings (SSSR count). The average molecular weight is 168 g/mol. The molecule has 0 radical (unpaired) electrons. The molecule has 0 aromatic rings. The Bertz CT molecular complexity index is 167. The molecular formula is C10H16O2. The van der Waals surface area contributed by atoms with E-state index in [2.05, 4.69) is 0 Å². The maximum absolute atomic E-state index is 10.7. The molecule has 0 N–H and O–H groups in total. The van der Waals surface area contributed by atoms with Crippen LogP contribution in [-0.4, -0.2) is 19.5 Å². The SMILES string of the molecule is O=CC1(CC2CCCOC2)CC1. The van der Waals surface area contributed by atoms with Crippen LogP contribution in [0.25, 0.3) is 0 Å². The van der Waals surface area contributed by atoms with Crippen LogP contribution in [0.4, 0.5) is 0 Å². The van der Waals surface area contributed by atoms with E-state index in [-0.39, 0.29) is 5.41 Å². The maximum Gasteiger partial charge on any atom is 0.126 e. The van der Waals surface area contributed by atoms with E-state index in [1.165, 1.54) is 19.1 Å². The van der Waals surface area contributed by atoms with Crippen molar-refractivity contribution in [1.82, 2.24) is 0 Å². The van der Waals surface area contributed by atoms with E-state index in [4.69, 9.17) is 4.74 Å². The maximum atomic E-state index is 10.7. The molecule has 2 aliphatic rings. The second-order valence-electron chi connectivity index (χ2n) is 4.27. The van der Waals surface area contributed by atoms with E-state index in [9.17, 15) is 4.79 Å². The summed E-state index contributed by atoms with van der Waals surface area (Å²) in [6, 6.07) is 0. The minimum atomic E-state index is 0.0887. The summed E-state index contributed by atoms with van der Waals surface area (Å²) in [6.45, 7) is 1.81. The molecule has 1 heterocycles. The van der Waals surface area contributed by atoms with Crippen LogP contribution in [0.15, 0.2) is 0 Å². The third-order valence-corrected chi connectivity index (χ3v) is 3.09. The van der Waals surface area contributed by atoms with Gasteiger partial charge >= 0.3 is 0 Å². The first-order valence-corrected chi connectivity index (χ1v) is 4.89. The molecule has 2 heteroatoms. The Balaban J connectivity index is 1.81. The Labute approximate surface area is 73.3 Å². The highest BCUT2D eigenvalue weighted by Gasteiger charge is 2.44. The molecule has 0 aromatic carbocycles. The lowest BCUT2D eigenvalue weighted by molar-refractivity contribution is -0.113. The van der Waals surface area contributed by atoms with Gasteiger partial charge in [0.15, 0.2) is 0 Å². The predicted octanol–water partition coefficient (Wildman–Crippen LogP) is 1.78. The van der Waals surface area contributed by atoms with Gasteiger partial charge in [-0.05, 0) is 38.0 Å². The molecule has 1 saturated heterocycles. The van der Waals surface area contributed by atoms with Crippen LogP contribution in [0.3, 0.4) is 0 Å². The largest absolute Gasteiger partial charge is 0.381 e. The van der Waals surface area contributed by atoms with Crippen LogP contribution in [0, 0.1) is 11.3 Å². The lowest BCUT2D eigenvalue weighted by Gasteiger charge is -2.23. The Kier molecular flexibility index (Phi) is 2.18. The van der Waals surface area contributed by atoms with E-state index >= 15 is 0 Å². The molecule has 0 aromatic heterocycles. The Morgan fingerprint density at radius 3 is 2.83 bits per heavy atom. The molecule has 12 heavy (non-hydrogen) atoms. The monoisotopic (exact) mass is 168 g/mol. The third kappa shape index (κ3) is 1.69. The highest BCUT2D eigenvalue weighted by Crippen LogP contribution is 2.49. The fraction of sp³-hybridized carbons (Fsp3) is 0.900.